The molecular weight excluding hydrogens is 172 g/mol. The van der Waals surface area contributed by atoms with Crippen molar-refractivity contribution in [2.45, 2.75) is 45.4 Å². The third-order valence-corrected chi connectivity index (χ3v) is 2.81. The minimum Gasteiger partial charge on any atom is -0.258 e. The van der Waals surface area contributed by atoms with Crippen LogP contribution in [0.2, 0.25) is 0 Å². The standard InChI is InChI=1S/C12H17N2/c1-9(2)8-10-4-3-5-11-12(10)14-7-6-13-11/h6-7,10H,3-5,8H2,1-2H3. The summed E-state index contributed by atoms with van der Waals surface area (Å²) in [5, 5.41) is 0. The highest BCUT2D eigenvalue weighted by Gasteiger charge is 2.22. The maximum Gasteiger partial charge on any atom is 0.0649 e. The van der Waals surface area contributed by atoms with Gasteiger partial charge in [0.2, 0.25) is 0 Å². The van der Waals surface area contributed by atoms with Gasteiger partial charge in [-0.1, -0.05) is 13.8 Å². The van der Waals surface area contributed by atoms with Gasteiger partial charge in [0.1, 0.15) is 0 Å². The molecule has 1 aromatic rings. The Hall–Kier alpha value is -0.920. The van der Waals surface area contributed by atoms with Crippen LogP contribution in [-0.4, -0.2) is 9.97 Å². The van der Waals surface area contributed by atoms with Crippen LogP contribution >= 0.6 is 0 Å². The van der Waals surface area contributed by atoms with Crippen LogP contribution in [-0.2, 0) is 6.42 Å². The Morgan fingerprint density at radius 3 is 2.93 bits per heavy atom. The first kappa shape index (κ1) is 9.63. The van der Waals surface area contributed by atoms with E-state index in [1.165, 1.54) is 36.6 Å². The lowest BCUT2D eigenvalue weighted by Crippen LogP contribution is -2.14. The van der Waals surface area contributed by atoms with Crippen LogP contribution in [0.15, 0.2) is 12.4 Å². The maximum absolute atomic E-state index is 4.48. The van der Waals surface area contributed by atoms with Gasteiger partial charge in [-0.15, -0.1) is 0 Å². The fourth-order valence-corrected chi connectivity index (χ4v) is 2.26. The molecule has 0 bridgehead atoms. The van der Waals surface area contributed by atoms with Gasteiger partial charge in [-0.3, -0.25) is 9.97 Å². The van der Waals surface area contributed by atoms with Crippen molar-refractivity contribution in [3.05, 3.63) is 29.7 Å². The highest BCUT2D eigenvalue weighted by molar-refractivity contribution is 5.20. The lowest BCUT2D eigenvalue weighted by atomic mass is 9.84. The van der Waals surface area contributed by atoms with Gasteiger partial charge in [0.25, 0.3) is 0 Å². The van der Waals surface area contributed by atoms with Gasteiger partial charge in [0.05, 0.1) is 11.4 Å². The normalized spacial score (nSPS) is 20.9. The van der Waals surface area contributed by atoms with Gasteiger partial charge in [0, 0.05) is 18.3 Å². The number of aromatic nitrogens is 2. The van der Waals surface area contributed by atoms with E-state index >= 15 is 0 Å². The number of fused-ring (bicyclic) bond motifs is 1. The molecule has 1 aliphatic carbocycles. The van der Waals surface area contributed by atoms with E-state index in [0.29, 0.717) is 5.92 Å². The molecule has 0 aliphatic heterocycles. The Balaban J connectivity index is 2.22. The molecule has 1 heterocycles. The fourth-order valence-electron chi connectivity index (χ4n) is 2.26. The molecule has 14 heavy (non-hydrogen) atoms. The summed E-state index contributed by atoms with van der Waals surface area (Å²) in [6.07, 6.45) is 8.46. The molecule has 1 unspecified atom stereocenters. The van der Waals surface area contributed by atoms with E-state index in [9.17, 15) is 0 Å². The zero-order valence-corrected chi connectivity index (χ0v) is 8.95. The van der Waals surface area contributed by atoms with Crippen molar-refractivity contribution in [3.8, 4) is 0 Å². The number of hydrogen-bond acceptors (Lipinski definition) is 2. The summed E-state index contributed by atoms with van der Waals surface area (Å²) < 4.78 is 0. The highest BCUT2D eigenvalue weighted by atomic mass is 14.8. The van der Waals surface area contributed by atoms with Gasteiger partial charge in [-0.25, -0.2) is 0 Å². The van der Waals surface area contributed by atoms with Crippen molar-refractivity contribution in [3.63, 3.8) is 0 Å². The Labute approximate surface area is 85.8 Å². The molecule has 2 heteroatoms. The second-order valence-electron chi connectivity index (χ2n) is 4.39. The summed E-state index contributed by atoms with van der Waals surface area (Å²) in [5.41, 5.74) is 2.48. The van der Waals surface area contributed by atoms with Crippen LogP contribution in [0.5, 0.6) is 0 Å². The number of aryl methyl sites for hydroxylation is 1. The summed E-state index contributed by atoms with van der Waals surface area (Å²) in [6.45, 7) is 4.40. The van der Waals surface area contributed by atoms with E-state index in [1.54, 1.807) is 0 Å². The second kappa shape index (κ2) is 4.07. The first-order valence-electron chi connectivity index (χ1n) is 5.36. The van der Waals surface area contributed by atoms with Crippen molar-refractivity contribution in [2.24, 2.45) is 0 Å². The predicted molar refractivity (Wildman–Crippen MR) is 56.9 cm³/mol. The van der Waals surface area contributed by atoms with E-state index in [4.69, 9.17) is 0 Å². The van der Waals surface area contributed by atoms with Crippen molar-refractivity contribution in [2.75, 3.05) is 0 Å². The first-order chi connectivity index (χ1) is 6.77. The highest BCUT2D eigenvalue weighted by Crippen LogP contribution is 2.33. The van der Waals surface area contributed by atoms with Crippen LogP contribution < -0.4 is 0 Å². The van der Waals surface area contributed by atoms with Crippen molar-refractivity contribution in [1.29, 1.82) is 0 Å². The Morgan fingerprint density at radius 2 is 2.14 bits per heavy atom. The number of nitrogens with zero attached hydrogens (tertiary/aromatic N) is 2. The lowest BCUT2D eigenvalue weighted by molar-refractivity contribution is 0.506. The molecule has 2 rings (SSSR count). The molecule has 1 atom stereocenters. The Kier molecular flexibility index (Phi) is 2.80. The third-order valence-electron chi connectivity index (χ3n) is 2.81. The average molecular weight is 189 g/mol. The first-order valence-corrected chi connectivity index (χ1v) is 5.36. The zero-order chi connectivity index (χ0) is 9.97. The quantitative estimate of drug-likeness (QED) is 0.715. The van der Waals surface area contributed by atoms with Gasteiger partial charge >= 0.3 is 0 Å². The van der Waals surface area contributed by atoms with E-state index in [2.05, 4.69) is 23.8 Å². The average Bonchev–Trinajstić information content (AvgIpc) is 2.18. The largest absolute Gasteiger partial charge is 0.258 e. The molecule has 75 valence electrons. The Morgan fingerprint density at radius 1 is 1.36 bits per heavy atom. The number of hydrogen-bond donors (Lipinski definition) is 0. The zero-order valence-electron chi connectivity index (χ0n) is 8.95. The van der Waals surface area contributed by atoms with Gasteiger partial charge < -0.3 is 0 Å². The summed E-state index contributed by atoms with van der Waals surface area (Å²) >= 11 is 0. The summed E-state index contributed by atoms with van der Waals surface area (Å²) in [7, 11) is 0. The van der Waals surface area contributed by atoms with Gasteiger partial charge in [-0.2, -0.15) is 0 Å². The van der Waals surface area contributed by atoms with Crippen LogP contribution in [0.25, 0.3) is 0 Å². The molecule has 0 N–H and O–H groups in total. The maximum atomic E-state index is 4.48. The smallest absolute Gasteiger partial charge is 0.0649 e. The van der Waals surface area contributed by atoms with Crippen molar-refractivity contribution in [1.82, 2.24) is 9.97 Å². The molecule has 1 radical (unpaired) electrons. The summed E-state index contributed by atoms with van der Waals surface area (Å²) in [4.78, 5) is 8.88. The van der Waals surface area contributed by atoms with Crippen LogP contribution in [0.4, 0.5) is 0 Å². The monoisotopic (exact) mass is 189 g/mol. The molecule has 0 amide bonds. The van der Waals surface area contributed by atoms with E-state index in [-0.39, 0.29) is 0 Å². The predicted octanol–water partition coefficient (Wildman–Crippen LogP) is 2.90. The third kappa shape index (κ3) is 1.94. The van der Waals surface area contributed by atoms with Crippen molar-refractivity contribution >= 4 is 0 Å². The number of rotatable bonds is 2. The molecule has 0 saturated heterocycles. The minimum atomic E-state index is 0.623. The molecule has 0 saturated carbocycles. The lowest BCUT2D eigenvalue weighted by Gasteiger charge is -2.24. The molecular formula is C12H17N2. The molecule has 1 aliphatic rings. The topological polar surface area (TPSA) is 25.8 Å². The SMILES string of the molecule is C[C](C)CC1CCCc2nccnc21. The van der Waals surface area contributed by atoms with Crippen LogP contribution in [0.3, 0.4) is 0 Å². The van der Waals surface area contributed by atoms with E-state index < -0.39 is 0 Å². The van der Waals surface area contributed by atoms with Crippen LogP contribution in [0, 0.1) is 5.92 Å². The van der Waals surface area contributed by atoms with Gasteiger partial charge in [-0.05, 0) is 31.6 Å². The molecule has 2 nitrogen and oxygen atoms in total. The Bertz CT molecular complexity index is 307. The van der Waals surface area contributed by atoms with E-state index in [1.807, 2.05) is 12.4 Å². The molecule has 0 aromatic carbocycles. The minimum absolute atomic E-state index is 0.623. The summed E-state index contributed by atoms with van der Waals surface area (Å²) in [6, 6.07) is 0. The van der Waals surface area contributed by atoms with E-state index in [0.717, 1.165) is 6.42 Å². The molecule has 0 spiro atoms. The van der Waals surface area contributed by atoms with Gasteiger partial charge in [0.15, 0.2) is 0 Å². The molecule has 0 fully saturated rings. The molecule has 1 aromatic heterocycles. The summed E-state index contributed by atoms with van der Waals surface area (Å²) in [5.74, 6) is 2.12. The fraction of sp³-hybridized carbons (Fsp3) is 0.583. The second-order valence-corrected chi connectivity index (χ2v) is 4.39. The van der Waals surface area contributed by atoms with Crippen molar-refractivity contribution < 1.29 is 0 Å². The van der Waals surface area contributed by atoms with Crippen LogP contribution in [0.1, 0.15) is 50.4 Å².